The fraction of sp³-hybridized carbons (Fsp3) is 0.250. The van der Waals surface area contributed by atoms with Gasteiger partial charge in [0.2, 0.25) is 0 Å². The molecule has 0 radical (unpaired) electrons. The van der Waals surface area contributed by atoms with Crippen LogP contribution in [0.4, 0.5) is 17.5 Å². The Morgan fingerprint density at radius 3 is 2.63 bits per heavy atom. The lowest BCUT2D eigenvalue weighted by Gasteiger charge is -2.06. The second-order valence-electron chi connectivity index (χ2n) is 3.91. The highest BCUT2D eigenvalue weighted by atomic mass is 32.2. The maximum absolute atomic E-state index is 5.64. The first-order valence-corrected chi connectivity index (χ1v) is 6.77. The number of hydrogen-bond acceptors (Lipinski definition) is 7. The number of pyridine rings is 1. The Morgan fingerprint density at radius 2 is 1.95 bits per heavy atom. The minimum absolute atomic E-state index is 0.369. The summed E-state index contributed by atoms with van der Waals surface area (Å²) in [5.74, 6) is 1.57. The Labute approximate surface area is 116 Å². The number of aromatic nitrogens is 3. The molecule has 0 amide bonds. The van der Waals surface area contributed by atoms with Crippen LogP contribution in [0, 0.1) is 0 Å². The number of nitrogens with two attached hydrogens (primary N) is 2. The average molecular weight is 276 g/mol. The van der Waals surface area contributed by atoms with Gasteiger partial charge >= 0.3 is 0 Å². The van der Waals surface area contributed by atoms with Crippen LogP contribution in [0.5, 0.6) is 0 Å². The van der Waals surface area contributed by atoms with Crippen LogP contribution >= 0.6 is 11.8 Å². The molecule has 0 saturated carbocycles. The molecule has 19 heavy (non-hydrogen) atoms. The molecule has 0 aliphatic heterocycles. The molecule has 7 heteroatoms. The van der Waals surface area contributed by atoms with Crippen molar-refractivity contribution in [3.63, 3.8) is 0 Å². The van der Waals surface area contributed by atoms with E-state index in [-0.39, 0.29) is 0 Å². The number of nitrogen functional groups attached to an aromatic ring is 2. The maximum atomic E-state index is 5.64. The van der Waals surface area contributed by atoms with Crippen LogP contribution in [-0.2, 0) is 0 Å². The zero-order chi connectivity index (χ0) is 13.7. The average Bonchev–Trinajstić information content (AvgIpc) is 2.35. The molecule has 0 aromatic carbocycles. The maximum Gasteiger partial charge on any atom is 0.196 e. The van der Waals surface area contributed by atoms with Crippen LogP contribution in [0.15, 0.2) is 34.4 Å². The van der Waals surface area contributed by atoms with E-state index in [0.717, 1.165) is 23.7 Å². The lowest BCUT2D eigenvalue weighted by Crippen LogP contribution is -2.01. The number of nitrogens with zero attached hydrogens (tertiary/aromatic N) is 3. The summed E-state index contributed by atoms with van der Waals surface area (Å²) in [5, 5.41) is 3.76. The highest BCUT2D eigenvalue weighted by Gasteiger charge is 2.04. The fourth-order valence-electron chi connectivity index (χ4n) is 1.44. The monoisotopic (exact) mass is 276 g/mol. The Kier molecular flexibility index (Phi) is 4.40. The van der Waals surface area contributed by atoms with Gasteiger partial charge in [0.15, 0.2) is 5.16 Å². The van der Waals surface area contributed by atoms with E-state index in [4.69, 9.17) is 11.5 Å². The predicted octanol–water partition coefficient (Wildman–Crippen LogP) is 2.01. The van der Waals surface area contributed by atoms with Gasteiger partial charge in [0.25, 0.3) is 0 Å². The van der Waals surface area contributed by atoms with E-state index < -0.39 is 0 Å². The van der Waals surface area contributed by atoms with E-state index in [0.29, 0.717) is 16.8 Å². The van der Waals surface area contributed by atoms with Crippen molar-refractivity contribution < 1.29 is 0 Å². The van der Waals surface area contributed by atoms with Gasteiger partial charge in [0, 0.05) is 23.7 Å². The van der Waals surface area contributed by atoms with Gasteiger partial charge in [-0.3, -0.25) is 0 Å². The van der Waals surface area contributed by atoms with Crippen LogP contribution in [0.2, 0.25) is 0 Å². The van der Waals surface area contributed by atoms with Gasteiger partial charge in [0.1, 0.15) is 17.5 Å². The zero-order valence-electron chi connectivity index (χ0n) is 10.6. The molecule has 2 aromatic rings. The van der Waals surface area contributed by atoms with E-state index in [1.165, 1.54) is 17.8 Å². The van der Waals surface area contributed by atoms with Crippen LogP contribution in [0.3, 0.4) is 0 Å². The molecule has 0 bridgehead atoms. The van der Waals surface area contributed by atoms with Gasteiger partial charge in [-0.15, -0.1) is 0 Å². The molecule has 0 fully saturated rings. The molecule has 100 valence electrons. The summed E-state index contributed by atoms with van der Waals surface area (Å²) >= 11 is 1.40. The van der Waals surface area contributed by atoms with Gasteiger partial charge in [-0.2, -0.15) is 0 Å². The molecule has 0 saturated heterocycles. The smallest absolute Gasteiger partial charge is 0.196 e. The molecule has 2 aromatic heterocycles. The Hall–Kier alpha value is -2.02. The Bertz CT molecular complexity index is 539. The molecule has 6 nitrogen and oxygen atoms in total. The van der Waals surface area contributed by atoms with Crippen molar-refractivity contribution in [1.82, 2.24) is 15.0 Å². The molecular weight excluding hydrogens is 260 g/mol. The summed E-state index contributed by atoms with van der Waals surface area (Å²) in [4.78, 5) is 13.5. The summed E-state index contributed by atoms with van der Waals surface area (Å²) in [7, 11) is 0. The summed E-state index contributed by atoms with van der Waals surface area (Å²) in [6.45, 7) is 3.00. The van der Waals surface area contributed by atoms with Crippen molar-refractivity contribution in [2.24, 2.45) is 0 Å². The van der Waals surface area contributed by atoms with E-state index in [1.807, 2.05) is 12.1 Å². The molecule has 0 aliphatic rings. The van der Waals surface area contributed by atoms with Gasteiger partial charge in [-0.05, 0) is 30.3 Å². The van der Waals surface area contributed by atoms with Crippen molar-refractivity contribution in [2.75, 3.05) is 23.3 Å². The second kappa shape index (κ2) is 6.24. The van der Waals surface area contributed by atoms with Crippen LogP contribution in [0.25, 0.3) is 0 Å². The molecule has 2 rings (SSSR count). The van der Waals surface area contributed by atoms with Crippen LogP contribution in [0.1, 0.15) is 13.3 Å². The molecule has 5 N–H and O–H groups in total. The van der Waals surface area contributed by atoms with Gasteiger partial charge < -0.3 is 16.8 Å². The highest BCUT2D eigenvalue weighted by Crippen LogP contribution is 2.26. The second-order valence-corrected chi connectivity index (χ2v) is 4.95. The Morgan fingerprint density at radius 1 is 1.21 bits per heavy atom. The number of anilines is 3. The van der Waals surface area contributed by atoms with Crippen LogP contribution in [-0.4, -0.2) is 21.5 Å². The molecule has 2 heterocycles. The van der Waals surface area contributed by atoms with E-state index in [9.17, 15) is 0 Å². The van der Waals surface area contributed by atoms with Gasteiger partial charge in [0.05, 0.1) is 0 Å². The van der Waals surface area contributed by atoms with Gasteiger partial charge in [-0.25, -0.2) is 15.0 Å². The summed E-state index contributed by atoms with van der Waals surface area (Å²) in [5.41, 5.74) is 11.3. The standard InChI is InChI=1S/C12H16N6S/c1-2-4-15-11-6-8(3-5-16-11)19-12-17-9(13)7-10(14)18-12/h3,5-7H,2,4H2,1H3,(H,15,16)(H4,13,14,17,18). The summed E-state index contributed by atoms with van der Waals surface area (Å²) in [6.07, 6.45) is 2.80. The highest BCUT2D eigenvalue weighted by molar-refractivity contribution is 7.99. The van der Waals surface area contributed by atoms with Crippen molar-refractivity contribution in [1.29, 1.82) is 0 Å². The predicted molar refractivity (Wildman–Crippen MR) is 78.0 cm³/mol. The molecule has 0 atom stereocenters. The molecule has 0 aliphatic carbocycles. The molecule has 0 unspecified atom stereocenters. The van der Waals surface area contributed by atoms with Crippen molar-refractivity contribution >= 4 is 29.2 Å². The third-order valence-electron chi connectivity index (χ3n) is 2.24. The molecular formula is C12H16N6S. The summed E-state index contributed by atoms with van der Waals surface area (Å²) < 4.78 is 0. The first-order valence-electron chi connectivity index (χ1n) is 5.95. The van der Waals surface area contributed by atoms with Gasteiger partial charge in [-0.1, -0.05) is 6.92 Å². The number of nitrogens with one attached hydrogen (secondary N) is 1. The Balaban J connectivity index is 2.13. The van der Waals surface area contributed by atoms with E-state index >= 15 is 0 Å². The molecule has 0 spiro atoms. The minimum Gasteiger partial charge on any atom is -0.383 e. The van der Waals surface area contributed by atoms with Crippen LogP contribution < -0.4 is 16.8 Å². The normalized spacial score (nSPS) is 10.4. The SMILES string of the molecule is CCCNc1cc(Sc2nc(N)cc(N)n2)ccn1. The lowest BCUT2D eigenvalue weighted by atomic mass is 10.4. The first-order chi connectivity index (χ1) is 9.17. The first kappa shape index (κ1) is 13.4. The van der Waals surface area contributed by atoms with E-state index in [2.05, 4.69) is 27.2 Å². The quantitative estimate of drug-likeness (QED) is 0.718. The van der Waals surface area contributed by atoms with Crippen molar-refractivity contribution in [2.45, 2.75) is 23.4 Å². The van der Waals surface area contributed by atoms with Crippen molar-refractivity contribution in [3.05, 3.63) is 24.4 Å². The summed E-state index contributed by atoms with van der Waals surface area (Å²) in [6, 6.07) is 5.37. The fourth-order valence-corrected chi connectivity index (χ4v) is 2.25. The topological polar surface area (TPSA) is 103 Å². The van der Waals surface area contributed by atoms with Crippen molar-refractivity contribution in [3.8, 4) is 0 Å². The van der Waals surface area contributed by atoms with E-state index in [1.54, 1.807) is 6.20 Å². The lowest BCUT2D eigenvalue weighted by molar-refractivity contribution is 0.965. The third kappa shape index (κ3) is 3.99. The zero-order valence-corrected chi connectivity index (χ0v) is 11.4. The number of rotatable bonds is 5. The largest absolute Gasteiger partial charge is 0.383 e. The number of hydrogen-bond donors (Lipinski definition) is 3. The third-order valence-corrected chi connectivity index (χ3v) is 3.10. The minimum atomic E-state index is 0.369.